The molecule has 0 aliphatic rings. The van der Waals surface area contributed by atoms with E-state index >= 15 is 0 Å². The summed E-state index contributed by atoms with van der Waals surface area (Å²) in [5, 5.41) is 28.1. The third kappa shape index (κ3) is 4.74. The van der Waals surface area contributed by atoms with Gasteiger partial charge in [0.05, 0.1) is 29.2 Å². The third-order valence-corrected chi connectivity index (χ3v) is 3.13. The van der Waals surface area contributed by atoms with Crippen LogP contribution in [0.4, 0.5) is 27.5 Å². The number of carbonyl (C=O) groups is 1. The lowest BCUT2D eigenvalue weighted by atomic mass is 10.2. The van der Waals surface area contributed by atoms with Gasteiger partial charge >= 0.3 is 11.8 Å². The molecular weight excluding hydrogens is 346 g/mol. The maximum Gasteiger partial charge on any atom is 0.411 e. The van der Waals surface area contributed by atoms with Crippen LogP contribution in [0.2, 0.25) is 0 Å². The molecule has 2 N–H and O–H groups in total. The van der Waals surface area contributed by atoms with Gasteiger partial charge in [0.2, 0.25) is 0 Å². The van der Waals surface area contributed by atoms with Crippen LogP contribution in [0.1, 0.15) is 5.56 Å². The van der Waals surface area contributed by atoms with Gasteiger partial charge in [-0.25, -0.2) is 4.79 Å². The molecule has 134 valence electrons. The van der Waals surface area contributed by atoms with E-state index in [4.69, 9.17) is 0 Å². The highest BCUT2D eigenvalue weighted by atomic mass is 16.6. The van der Waals surface area contributed by atoms with Crippen molar-refractivity contribution in [2.75, 3.05) is 17.9 Å². The lowest BCUT2D eigenvalue weighted by molar-refractivity contribution is -0.393. The number of hydrogen-bond acceptors (Lipinski definition) is 8. The largest absolute Gasteiger partial charge is 0.453 e. The van der Waals surface area contributed by atoms with E-state index in [0.717, 1.165) is 12.1 Å². The van der Waals surface area contributed by atoms with E-state index in [9.17, 15) is 25.0 Å². The summed E-state index contributed by atoms with van der Waals surface area (Å²) in [5.41, 5.74) is 2.81. The Labute approximate surface area is 146 Å². The Hall–Kier alpha value is -4.02. The number of amides is 1. The summed E-state index contributed by atoms with van der Waals surface area (Å²) in [7, 11) is 1.25. The molecule has 0 aliphatic heterocycles. The lowest BCUT2D eigenvalue weighted by Crippen LogP contribution is -2.10. The smallest absolute Gasteiger partial charge is 0.411 e. The molecule has 0 saturated carbocycles. The van der Waals surface area contributed by atoms with Crippen LogP contribution in [0.25, 0.3) is 0 Å². The number of nitrogens with zero attached hydrogens (tertiary/aromatic N) is 3. The Bertz CT molecular complexity index is 865. The first-order valence-corrected chi connectivity index (χ1v) is 7.07. The molecule has 26 heavy (non-hydrogen) atoms. The van der Waals surface area contributed by atoms with Crippen LogP contribution in [-0.4, -0.2) is 29.3 Å². The number of rotatable bonds is 6. The van der Waals surface area contributed by atoms with Crippen LogP contribution < -0.4 is 10.7 Å². The van der Waals surface area contributed by atoms with Gasteiger partial charge < -0.3 is 4.74 Å². The number of ether oxygens (including phenoxy) is 1. The SMILES string of the molecule is COC(=O)Nc1ccc(C=NNc2ccc([N+](=O)[O-])cc2[N+](=O)[O-])cc1. The summed E-state index contributed by atoms with van der Waals surface area (Å²) in [5.74, 6) is 0. The summed E-state index contributed by atoms with van der Waals surface area (Å²) in [4.78, 5) is 31.4. The predicted octanol–water partition coefficient (Wildman–Crippen LogP) is 3.13. The second-order valence-electron chi connectivity index (χ2n) is 4.82. The number of non-ortho nitro benzene ring substituents is 1. The van der Waals surface area contributed by atoms with E-state index in [1.807, 2.05) is 0 Å². The molecule has 2 aromatic rings. The lowest BCUT2D eigenvalue weighted by Gasteiger charge is -2.04. The number of hydrogen-bond donors (Lipinski definition) is 2. The van der Waals surface area contributed by atoms with Gasteiger partial charge in [-0.15, -0.1) is 0 Å². The number of benzene rings is 2. The molecule has 11 nitrogen and oxygen atoms in total. The van der Waals surface area contributed by atoms with Crippen molar-refractivity contribution >= 4 is 35.1 Å². The number of hydrazone groups is 1. The summed E-state index contributed by atoms with van der Waals surface area (Å²) in [6, 6.07) is 9.74. The van der Waals surface area contributed by atoms with Crippen LogP contribution in [0.15, 0.2) is 47.6 Å². The zero-order valence-corrected chi connectivity index (χ0v) is 13.4. The summed E-state index contributed by atoms with van der Waals surface area (Å²) in [6.45, 7) is 0. The first kappa shape index (κ1) is 18.3. The number of nitrogens with one attached hydrogen (secondary N) is 2. The number of nitro groups is 2. The van der Waals surface area contributed by atoms with Gasteiger partial charge in [0.1, 0.15) is 5.69 Å². The van der Waals surface area contributed by atoms with Gasteiger partial charge in [-0.3, -0.25) is 31.0 Å². The molecule has 0 heterocycles. The molecule has 0 bridgehead atoms. The van der Waals surface area contributed by atoms with Crippen molar-refractivity contribution < 1.29 is 19.4 Å². The Balaban J connectivity index is 2.09. The van der Waals surface area contributed by atoms with Gasteiger partial charge in [0, 0.05) is 11.8 Å². The van der Waals surface area contributed by atoms with E-state index in [0.29, 0.717) is 11.3 Å². The van der Waals surface area contributed by atoms with Crippen LogP contribution >= 0.6 is 0 Å². The van der Waals surface area contributed by atoms with Crippen molar-refractivity contribution in [3.05, 3.63) is 68.3 Å². The normalized spacial score (nSPS) is 10.3. The van der Waals surface area contributed by atoms with Crippen molar-refractivity contribution in [2.45, 2.75) is 0 Å². The monoisotopic (exact) mass is 359 g/mol. The first-order chi connectivity index (χ1) is 12.4. The van der Waals surface area contributed by atoms with Gasteiger partial charge in [-0.1, -0.05) is 12.1 Å². The molecule has 0 fully saturated rings. The maximum absolute atomic E-state index is 11.1. The highest BCUT2D eigenvalue weighted by Gasteiger charge is 2.19. The van der Waals surface area contributed by atoms with Crippen molar-refractivity contribution in [3.63, 3.8) is 0 Å². The fraction of sp³-hybridized carbons (Fsp3) is 0.0667. The van der Waals surface area contributed by atoms with Crippen LogP contribution in [0.5, 0.6) is 0 Å². The van der Waals surface area contributed by atoms with E-state index < -0.39 is 21.6 Å². The molecule has 1 amide bonds. The molecule has 0 unspecified atom stereocenters. The molecule has 0 spiro atoms. The second-order valence-corrected chi connectivity index (χ2v) is 4.82. The predicted molar refractivity (Wildman–Crippen MR) is 93.4 cm³/mol. The van der Waals surface area contributed by atoms with E-state index in [2.05, 4.69) is 20.6 Å². The zero-order chi connectivity index (χ0) is 19.1. The van der Waals surface area contributed by atoms with Crippen molar-refractivity contribution in [3.8, 4) is 0 Å². The minimum atomic E-state index is -0.738. The Morgan fingerprint density at radius 3 is 2.38 bits per heavy atom. The first-order valence-electron chi connectivity index (χ1n) is 7.07. The number of carbonyl (C=O) groups excluding carboxylic acids is 1. The summed E-state index contributed by atoms with van der Waals surface area (Å²) >= 11 is 0. The van der Waals surface area contributed by atoms with Crippen molar-refractivity contribution in [1.82, 2.24) is 0 Å². The van der Waals surface area contributed by atoms with E-state index in [1.165, 1.54) is 19.4 Å². The number of methoxy groups -OCH3 is 1. The van der Waals surface area contributed by atoms with Crippen molar-refractivity contribution in [1.29, 1.82) is 0 Å². The Morgan fingerprint density at radius 2 is 1.81 bits per heavy atom. The Morgan fingerprint density at radius 1 is 1.12 bits per heavy atom. The molecule has 2 aromatic carbocycles. The van der Waals surface area contributed by atoms with Crippen LogP contribution in [0, 0.1) is 20.2 Å². The molecule has 0 aliphatic carbocycles. The fourth-order valence-electron chi connectivity index (χ4n) is 1.88. The molecule has 0 radical (unpaired) electrons. The molecule has 2 rings (SSSR count). The number of nitro benzene ring substituents is 2. The Kier molecular flexibility index (Phi) is 5.77. The highest BCUT2D eigenvalue weighted by Crippen LogP contribution is 2.28. The maximum atomic E-state index is 11.1. The highest BCUT2D eigenvalue weighted by molar-refractivity contribution is 5.86. The molecule has 0 saturated heterocycles. The minimum Gasteiger partial charge on any atom is -0.453 e. The quantitative estimate of drug-likeness (QED) is 0.457. The topological polar surface area (TPSA) is 149 Å². The number of anilines is 2. The van der Waals surface area contributed by atoms with E-state index in [1.54, 1.807) is 24.3 Å². The average molecular weight is 359 g/mol. The summed E-state index contributed by atoms with van der Waals surface area (Å²) < 4.78 is 4.47. The average Bonchev–Trinajstić information content (AvgIpc) is 2.62. The van der Waals surface area contributed by atoms with Gasteiger partial charge in [0.15, 0.2) is 0 Å². The van der Waals surface area contributed by atoms with Crippen LogP contribution in [-0.2, 0) is 4.74 Å². The molecule has 0 atom stereocenters. The van der Waals surface area contributed by atoms with Crippen LogP contribution in [0.3, 0.4) is 0 Å². The molecule has 11 heteroatoms. The van der Waals surface area contributed by atoms with Crippen molar-refractivity contribution in [2.24, 2.45) is 5.10 Å². The third-order valence-electron chi connectivity index (χ3n) is 3.13. The minimum absolute atomic E-state index is 0.0147. The molecular formula is C15H13N5O6. The molecule has 0 aromatic heterocycles. The standard InChI is InChI=1S/C15H13N5O6/c1-26-15(21)17-11-4-2-10(3-5-11)9-16-18-13-7-6-12(19(22)23)8-14(13)20(24)25/h2-9,18H,1H3,(H,17,21). The van der Waals surface area contributed by atoms with Gasteiger partial charge in [-0.2, -0.15) is 5.10 Å². The summed E-state index contributed by atoms with van der Waals surface area (Å²) in [6.07, 6.45) is 0.797. The second kappa shape index (κ2) is 8.19. The fourth-order valence-corrected chi connectivity index (χ4v) is 1.88. The van der Waals surface area contributed by atoms with Gasteiger partial charge in [-0.05, 0) is 23.8 Å². The van der Waals surface area contributed by atoms with E-state index in [-0.39, 0.29) is 11.4 Å². The van der Waals surface area contributed by atoms with Gasteiger partial charge in [0.25, 0.3) is 5.69 Å². The zero-order valence-electron chi connectivity index (χ0n) is 13.4.